The topological polar surface area (TPSA) is 66.8 Å². The predicted molar refractivity (Wildman–Crippen MR) is 125 cm³/mol. The maximum absolute atomic E-state index is 12.4. The zero-order valence-corrected chi connectivity index (χ0v) is 20.4. The molecule has 4 aliphatic carbocycles. The quantitative estimate of drug-likeness (QED) is 0.466. The number of hydrogen-bond donors (Lipinski definition) is 2. The third kappa shape index (κ3) is 3.27. The predicted octanol–water partition coefficient (Wildman–Crippen LogP) is 5.19. The summed E-state index contributed by atoms with van der Waals surface area (Å²) in [5.41, 5.74) is 3.61. The molecule has 0 radical (unpaired) electrons. The van der Waals surface area contributed by atoms with Crippen molar-refractivity contribution in [2.45, 2.75) is 97.7 Å². The van der Waals surface area contributed by atoms with Gasteiger partial charge >= 0.3 is 5.97 Å². The van der Waals surface area contributed by atoms with Crippen molar-refractivity contribution in [3.63, 3.8) is 0 Å². The minimum Gasteiger partial charge on any atom is -0.458 e. The lowest BCUT2D eigenvalue weighted by molar-refractivity contribution is -0.152. The lowest BCUT2D eigenvalue weighted by Crippen LogP contribution is -2.51. The molecule has 0 bridgehead atoms. The summed E-state index contributed by atoms with van der Waals surface area (Å²) in [5, 5.41) is 19.8. The van der Waals surface area contributed by atoms with E-state index in [4.69, 9.17) is 4.74 Å². The van der Waals surface area contributed by atoms with Crippen LogP contribution in [-0.4, -0.2) is 35.0 Å². The van der Waals surface area contributed by atoms with Crippen LogP contribution in [-0.2, 0) is 9.53 Å². The number of ether oxygens (including phenoxy) is 1. The summed E-state index contributed by atoms with van der Waals surface area (Å²) in [5.74, 6) is 2.88. The molecular formula is C28H42O4. The summed E-state index contributed by atoms with van der Waals surface area (Å²) in [6.45, 7) is 9.10. The van der Waals surface area contributed by atoms with Crippen molar-refractivity contribution in [1.82, 2.24) is 0 Å². The number of carbonyl (C=O) groups excluding carboxylic acids is 1. The molecule has 1 aliphatic heterocycles. The summed E-state index contributed by atoms with van der Waals surface area (Å²) >= 11 is 0. The Morgan fingerprint density at radius 3 is 2.62 bits per heavy atom. The molecule has 0 aromatic rings. The second-order valence-electron chi connectivity index (χ2n) is 12.3. The Bertz CT molecular complexity index is 842. The van der Waals surface area contributed by atoms with E-state index in [-0.39, 0.29) is 30.2 Å². The highest BCUT2D eigenvalue weighted by Crippen LogP contribution is 2.67. The van der Waals surface area contributed by atoms with E-state index in [1.54, 1.807) is 5.57 Å². The first-order valence-electron chi connectivity index (χ1n) is 13.1. The number of fused-ring (bicyclic) bond motifs is 5. The first-order chi connectivity index (χ1) is 15.2. The van der Waals surface area contributed by atoms with Crippen LogP contribution in [0.1, 0.15) is 85.5 Å². The Hall–Kier alpha value is -1.13. The van der Waals surface area contributed by atoms with Gasteiger partial charge in [-0.25, -0.2) is 4.79 Å². The molecule has 4 heteroatoms. The molecule has 178 valence electrons. The van der Waals surface area contributed by atoms with E-state index >= 15 is 0 Å². The third-order valence-corrected chi connectivity index (χ3v) is 11.1. The van der Waals surface area contributed by atoms with Gasteiger partial charge in [-0.15, -0.1) is 0 Å². The van der Waals surface area contributed by atoms with E-state index in [1.165, 1.54) is 32.1 Å². The van der Waals surface area contributed by atoms with E-state index < -0.39 is 0 Å². The maximum atomic E-state index is 12.4. The van der Waals surface area contributed by atoms with Gasteiger partial charge < -0.3 is 14.9 Å². The zero-order chi connectivity index (χ0) is 22.8. The van der Waals surface area contributed by atoms with Crippen LogP contribution in [0.25, 0.3) is 0 Å². The van der Waals surface area contributed by atoms with Gasteiger partial charge in [0, 0.05) is 6.42 Å². The van der Waals surface area contributed by atoms with Gasteiger partial charge in [0.2, 0.25) is 0 Å². The second kappa shape index (κ2) is 7.98. The normalized spacial score (nSPS) is 47.2. The molecule has 2 N–H and O–H groups in total. The van der Waals surface area contributed by atoms with Gasteiger partial charge in [-0.2, -0.15) is 0 Å². The molecule has 0 aromatic heterocycles. The van der Waals surface area contributed by atoms with E-state index in [0.29, 0.717) is 22.8 Å². The molecule has 4 nitrogen and oxygen atoms in total. The van der Waals surface area contributed by atoms with Crippen molar-refractivity contribution < 1.29 is 19.7 Å². The summed E-state index contributed by atoms with van der Waals surface area (Å²) < 4.78 is 5.87. The molecule has 9 atom stereocenters. The van der Waals surface area contributed by atoms with Crippen LogP contribution in [0.5, 0.6) is 0 Å². The average Bonchev–Trinajstić information content (AvgIpc) is 3.10. The summed E-state index contributed by atoms with van der Waals surface area (Å²) in [6, 6.07) is 0. The highest BCUT2D eigenvalue weighted by molar-refractivity contribution is 5.90. The van der Waals surface area contributed by atoms with Gasteiger partial charge in [-0.1, -0.05) is 38.0 Å². The maximum Gasteiger partial charge on any atom is 0.336 e. The van der Waals surface area contributed by atoms with Crippen LogP contribution >= 0.6 is 0 Å². The third-order valence-electron chi connectivity index (χ3n) is 11.1. The zero-order valence-electron chi connectivity index (χ0n) is 20.4. The number of aliphatic hydroxyl groups is 2. The lowest BCUT2D eigenvalue weighted by Gasteiger charge is -2.58. The van der Waals surface area contributed by atoms with Gasteiger partial charge in [-0.05, 0) is 98.7 Å². The Morgan fingerprint density at radius 2 is 1.91 bits per heavy atom. The number of aliphatic hydroxyl groups excluding tert-OH is 2. The second-order valence-corrected chi connectivity index (χ2v) is 12.3. The van der Waals surface area contributed by atoms with Gasteiger partial charge in [-0.3, -0.25) is 0 Å². The van der Waals surface area contributed by atoms with Crippen LogP contribution in [0.4, 0.5) is 0 Å². The van der Waals surface area contributed by atoms with Crippen molar-refractivity contribution in [1.29, 1.82) is 0 Å². The Kier molecular flexibility index (Phi) is 5.65. The summed E-state index contributed by atoms with van der Waals surface area (Å²) in [4.78, 5) is 12.4. The molecule has 0 aromatic carbocycles. The fourth-order valence-corrected chi connectivity index (χ4v) is 9.15. The molecule has 3 fully saturated rings. The van der Waals surface area contributed by atoms with Crippen LogP contribution in [0.3, 0.4) is 0 Å². The van der Waals surface area contributed by atoms with E-state index in [0.717, 1.165) is 49.0 Å². The van der Waals surface area contributed by atoms with Gasteiger partial charge in [0.25, 0.3) is 0 Å². The molecule has 1 heterocycles. The molecule has 32 heavy (non-hydrogen) atoms. The number of cyclic esters (lactones) is 1. The van der Waals surface area contributed by atoms with Crippen LogP contribution in [0.15, 0.2) is 22.8 Å². The largest absolute Gasteiger partial charge is 0.458 e. The smallest absolute Gasteiger partial charge is 0.336 e. The number of carbonyl (C=O) groups is 1. The fraction of sp³-hybridized carbons (Fsp3) is 0.821. The fourth-order valence-electron chi connectivity index (χ4n) is 9.15. The van der Waals surface area contributed by atoms with Crippen molar-refractivity contribution >= 4 is 5.97 Å². The van der Waals surface area contributed by atoms with Crippen LogP contribution < -0.4 is 0 Å². The Labute approximate surface area is 193 Å². The van der Waals surface area contributed by atoms with E-state index in [1.807, 2.05) is 6.92 Å². The molecule has 5 aliphatic rings. The summed E-state index contributed by atoms with van der Waals surface area (Å²) in [7, 11) is 0. The van der Waals surface area contributed by atoms with Crippen molar-refractivity contribution in [3.8, 4) is 0 Å². The first-order valence-corrected chi connectivity index (χ1v) is 13.1. The number of rotatable bonds is 3. The van der Waals surface area contributed by atoms with E-state index in [2.05, 4.69) is 26.8 Å². The highest BCUT2D eigenvalue weighted by atomic mass is 16.5. The minimum atomic E-state index is -0.311. The molecule has 3 saturated carbocycles. The molecular weight excluding hydrogens is 400 g/mol. The van der Waals surface area contributed by atoms with Gasteiger partial charge in [0.1, 0.15) is 6.10 Å². The molecule has 0 amide bonds. The average molecular weight is 443 g/mol. The SMILES string of the molecule is CC1=C(CO)C(=O)O[C@@H]([C@@H](C)[C@H]2CC[C@H]3[C@@H]4CC=C5C[C@@H](O)CC[C@]5(C)[C@H]4CC[C@]23C)C1. The number of hydrogen-bond acceptors (Lipinski definition) is 4. The van der Waals surface area contributed by atoms with Gasteiger partial charge in [0.05, 0.1) is 18.3 Å². The monoisotopic (exact) mass is 442 g/mol. The Balaban J connectivity index is 1.37. The van der Waals surface area contributed by atoms with Crippen LogP contribution in [0, 0.1) is 40.4 Å². The van der Waals surface area contributed by atoms with E-state index in [9.17, 15) is 15.0 Å². The Morgan fingerprint density at radius 1 is 1.12 bits per heavy atom. The van der Waals surface area contributed by atoms with Crippen molar-refractivity contribution in [2.75, 3.05) is 6.61 Å². The molecule has 0 spiro atoms. The minimum absolute atomic E-state index is 0.0636. The molecule has 0 unspecified atom stereocenters. The molecule has 5 rings (SSSR count). The number of esters is 1. The van der Waals surface area contributed by atoms with Gasteiger partial charge in [0.15, 0.2) is 0 Å². The van der Waals surface area contributed by atoms with Crippen molar-refractivity contribution in [2.24, 2.45) is 40.4 Å². The van der Waals surface area contributed by atoms with Crippen LogP contribution in [0.2, 0.25) is 0 Å². The first kappa shape index (κ1) is 22.7. The lowest BCUT2D eigenvalue weighted by atomic mass is 9.47. The highest BCUT2D eigenvalue weighted by Gasteiger charge is 2.59. The number of allylic oxidation sites excluding steroid dienone is 1. The summed E-state index contributed by atoms with van der Waals surface area (Å²) in [6.07, 6.45) is 12.3. The molecule has 0 saturated heterocycles. The van der Waals surface area contributed by atoms with Crippen molar-refractivity contribution in [3.05, 3.63) is 22.8 Å². The standard InChI is InChI=1S/C28H42O4/c1-16-13-25(32-26(31)21(16)15-29)17(2)22-7-8-23-20-6-5-18-14-19(30)9-11-27(18,3)24(20)10-12-28(22,23)4/h5,17,19-20,22-25,29-30H,6-15H2,1-4H3/t17-,19-,20-,22+,23-,24-,25+,27-,28+/m0/s1.